The Hall–Kier alpha value is -4.10. The van der Waals surface area contributed by atoms with Crippen molar-refractivity contribution in [3.8, 4) is 5.75 Å². The van der Waals surface area contributed by atoms with Gasteiger partial charge in [0.15, 0.2) is 0 Å². The zero-order chi connectivity index (χ0) is 45.7. The molecule has 1 amide bonds. The number of aliphatic hydroxyl groups excluding tert-OH is 5. The number of carbonyl (C=O) groups excluding carboxylic acids is 2. The van der Waals surface area contributed by atoms with E-state index >= 15 is 0 Å². The Morgan fingerprint density at radius 2 is 1.34 bits per heavy atom. The number of aliphatic carboxylic acids is 1. The molecule has 7 N–H and O–H groups in total. The molecule has 0 unspecified atom stereocenters. The highest BCUT2D eigenvalue weighted by Crippen LogP contribution is 2.34. The molecule has 2 heterocycles. The molecule has 2 aromatic rings. The Labute approximate surface area is 349 Å². The highest BCUT2D eigenvalue weighted by Gasteiger charge is 2.55. The highest BCUT2D eigenvalue weighted by molar-refractivity contribution is 5.78. The molecule has 1 saturated heterocycles. The minimum atomic E-state index is -2.53. The summed E-state index contributed by atoms with van der Waals surface area (Å²) in [5.74, 6) is -19.5. The van der Waals surface area contributed by atoms with Gasteiger partial charge in [0.1, 0.15) is 30.6 Å². The monoisotopic (exact) mass is 908 g/mol. The topological polar surface area (TPSA) is 298 Å². The maximum atomic E-state index is 13.6. The number of carbonyl (C=O) groups is 3. The fourth-order valence-corrected chi connectivity index (χ4v) is 5.36. The maximum Gasteiger partial charge on any atom is 0.364 e. The third kappa shape index (κ3) is 16.2. The molecular weight excluding hydrogens is 859 g/mol. The summed E-state index contributed by atoms with van der Waals surface area (Å²) >= 11 is 0. The van der Waals surface area contributed by atoms with Crippen molar-refractivity contribution in [2.45, 2.75) is 62.2 Å². The average Bonchev–Trinajstić information content (AvgIpc) is 3.72. The molecule has 6 atom stereocenters. The zero-order valence-corrected chi connectivity index (χ0v) is 33.0. The van der Waals surface area contributed by atoms with Gasteiger partial charge in [0.2, 0.25) is 40.7 Å². The van der Waals surface area contributed by atoms with Gasteiger partial charge < -0.3 is 78.6 Å². The molecule has 22 nitrogen and oxygen atoms in total. The van der Waals surface area contributed by atoms with E-state index in [0.29, 0.717) is 18.8 Å². The summed E-state index contributed by atoms with van der Waals surface area (Å²) in [6.07, 6.45) is -6.84. The summed E-state index contributed by atoms with van der Waals surface area (Å²) in [6, 6.07) is -1.47. The first-order valence-electron chi connectivity index (χ1n) is 18.8. The fourth-order valence-electron chi connectivity index (χ4n) is 5.36. The number of nitrogens with one attached hydrogen (secondary N) is 1. The molecule has 0 aliphatic carbocycles. The number of nitrogens with zero attached hydrogens (tertiary/aromatic N) is 3. The third-order valence-corrected chi connectivity index (χ3v) is 8.48. The van der Waals surface area contributed by atoms with Gasteiger partial charge in [-0.1, -0.05) is 5.21 Å². The second-order valence-electron chi connectivity index (χ2n) is 13.0. The van der Waals surface area contributed by atoms with E-state index in [0.717, 1.165) is 0 Å². The van der Waals surface area contributed by atoms with Gasteiger partial charge in [-0.2, -0.15) is 8.78 Å². The van der Waals surface area contributed by atoms with Crippen molar-refractivity contribution in [1.29, 1.82) is 0 Å². The first-order chi connectivity index (χ1) is 29.6. The zero-order valence-electron chi connectivity index (χ0n) is 33.0. The van der Waals surface area contributed by atoms with Crippen molar-refractivity contribution in [2.24, 2.45) is 0 Å². The summed E-state index contributed by atoms with van der Waals surface area (Å²) in [5.41, 5.74) is 0.517. The van der Waals surface area contributed by atoms with Gasteiger partial charge in [0.25, 0.3) is 5.79 Å². The van der Waals surface area contributed by atoms with E-state index in [9.17, 15) is 61.9 Å². The number of esters is 1. The molecule has 3 rings (SSSR count). The summed E-state index contributed by atoms with van der Waals surface area (Å²) in [4.78, 5) is 35.6. The Bertz CT molecular complexity index is 1670. The van der Waals surface area contributed by atoms with Crippen LogP contribution in [0.1, 0.15) is 18.5 Å². The van der Waals surface area contributed by atoms with Crippen molar-refractivity contribution in [2.75, 3.05) is 92.5 Å². The predicted octanol–water partition coefficient (Wildman–Crippen LogP) is -2.29. The Kier molecular flexibility index (Phi) is 22.9. The highest BCUT2D eigenvalue weighted by atomic mass is 19.2. The number of aromatic nitrogens is 3. The number of ether oxygens (including phenoxy) is 9. The van der Waals surface area contributed by atoms with Crippen LogP contribution in [0.15, 0.2) is 6.20 Å². The standard InChI is InChI=1S/C35H49F5N4O18/c36-25-26(37)28(39)32(29(40)27(25)38)61-24(50)1-3-54-5-7-56-9-10-57-8-6-55-4-2-44-16-20(42-43-44)19-59-12-11-58-13-14-60-35(34(52)53)15-21(47)30(41-23(49)18-46)33(62-35)31(51)22(48)17-45/h16,21-22,30-31,33,45-48,51H,1-15,17-19H2,(H,41,49)(H,52,53)/t21-,22+,30+,31+,33+,35-/m0/s1. The Morgan fingerprint density at radius 3 is 1.90 bits per heavy atom. The molecule has 27 heteroatoms. The number of aliphatic hydroxyl groups is 5. The summed E-state index contributed by atoms with van der Waals surface area (Å²) in [7, 11) is 0. The van der Waals surface area contributed by atoms with Gasteiger partial charge in [-0.15, -0.1) is 5.10 Å². The van der Waals surface area contributed by atoms with Gasteiger partial charge in [0.05, 0.1) is 124 Å². The van der Waals surface area contributed by atoms with Gasteiger partial charge in [-0.05, 0) is 0 Å². The van der Waals surface area contributed by atoms with Crippen molar-refractivity contribution in [3.63, 3.8) is 0 Å². The number of rotatable bonds is 31. The second-order valence-corrected chi connectivity index (χ2v) is 13.0. The molecule has 62 heavy (non-hydrogen) atoms. The Balaban J connectivity index is 1.18. The summed E-state index contributed by atoms with van der Waals surface area (Å²) < 4.78 is 116. The van der Waals surface area contributed by atoms with Gasteiger partial charge in [0, 0.05) is 6.42 Å². The average molecular weight is 909 g/mol. The number of carboxylic acid groups (broad SMARTS) is 1. The maximum absolute atomic E-state index is 13.6. The van der Waals surface area contributed by atoms with Crippen molar-refractivity contribution in [3.05, 3.63) is 41.0 Å². The number of carboxylic acids is 1. The molecule has 1 aliphatic rings. The lowest BCUT2D eigenvalue weighted by Gasteiger charge is -2.46. The minimum Gasteiger partial charge on any atom is -0.477 e. The molecule has 352 valence electrons. The van der Waals surface area contributed by atoms with Crippen molar-refractivity contribution in [1.82, 2.24) is 20.3 Å². The third-order valence-electron chi connectivity index (χ3n) is 8.48. The van der Waals surface area contributed by atoms with E-state index in [4.69, 9.17) is 43.0 Å². The molecule has 1 aromatic carbocycles. The predicted molar refractivity (Wildman–Crippen MR) is 190 cm³/mol. The van der Waals surface area contributed by atoms with Gasteiger partial charge in [-0.3, -0.25) is 9.59 Å². The van der Waals surface area contributed by atoms with E-state index in [1.54, 1.807) is 10.9 Å². The van der Waals surface area contributed by atoms with E-state index < -0.39 is 115 Å². The van der Waals surface area contributed by atoms with Gasteiger partial charge in [-0.25, -0.2) is 22.6 Å². The summed E-state index contributed by atoms with van der Waals surface area (Å²) in [5, 5.41) is 69.4. The van der Waals surface area contributed by atoms with Crippen LogP contribution in [-0.4, -0.2) is 192 Å². The lowest BCUT2D eigenvalue weighted by atomic mass is 9.88. The molecule has 1 aliphatic heterocycles. The number of amides is 1. The number of hydrogen-bond acceptors (Lipinski definition) is 19. The van der Waals surface area contributed by atoms with Crippen LogP contribution in [0.25, 0.3) is 0 Å². The van der Waals surface area contributed by atoms with Crippen LogP contribution in [0.3, 0.4) is 0 Å². The van der Waals surface area contributed by atoms with Crippen LogP contribution >= 0.6 is 0 Å². The molecular formula is C35H49F5N4O18. The van der Waals surface area contributed by atoms with E-state index in [1.165, 1.54) is 0 Å². The summed E-state index contributed by atoms with van der Waals surface area (Å²) in [6.45, 7) is -0.677. The lowest BCUT2D eigenvalue weighted by Crippen LogP contribution is -2.68. The first-order valence-corrected chi connectivity index (χ1v) is 18.8. The second kappa shape index (κ2) is 27.2. The molecule has 0 bridgehead atoms. The van der Waals surface area contributed by atoms with Crippen LogP contribution in [0.2, 0.25) is 0 Å². The molecule has 0 saturated carbocycles. The minimum absolute atomic E-state index is 0.0276. The molecule has 0 spiro atoms. The van der Waals surface area contributed by atoms with Crippen molar-refractivity contribution < 1.29 is 110 Å². The van der Waals surface area contributed by atoms with E-state index in [2.05, 4.69) is 20.4 Å². The van der Waals surface area contributed by atoms with Gasteiger partial charge >= 0.3 is 11.9 Å². The van der Waals surface area contributed by atoms with Crippen LogP contribution in [-0.2, 0) is 65.4 Å². The lowest BCUT2D eigenvalue weighted by molar-refractivity contribution is -0.313. The first kappa shape index (κ1) is 52.2. The number of benzene rings is 1. The SMILES string of the molecule is O=C(CO)N[C@H]1[C@H]([C@H](O)[C@H](O)CO)O[C@](OCCOCCOCc2cn(CCOCCOCCOCCOCCC(=O)Oc3c(F)c(F)c(F)c(F)c3F)nn2)(C(=O)O)C[C@@H]1O. The van der Waals surface area contributed by atoms with Crippen LogP contribution in [0, 0.1) is 29.1 Å². The number of hydrogen-bond donors (Lipinski definition) is 7. The Morgan fingerprint density at radius 1 is 0.806 bits per heavy atom. The van der Waals surface area contributed by atoms with E-state index in [-0.39, 0.29) is 79.3 Å². The quantitative estimate of drug-likeness (QED) is 0.0105. The van der Waals surface area contributed by atoms with Crippen LogP contribution < -0.4 is 10.1 Å². The smallest absolute Gasteiger partial charge is 0.364 e. The normalized spacial score (nSPS) is 19.9. The van der Waals surface area contributed by atoms with Crippen molar-refractivity contribution >= 4 is 17.8 Å². The van der Waals surface area contributed by atoms with Crippen LogP contribution in [0.5, 0.6) is 5.75 Å². The molecule has 1 fully saturated rings. The van der Waals surface area contributed by atoms with E-state index in [1.807, 2.05) is 0 Å². The van der Waals surface area contributed by atoms with Crippen LogP contribution in [0.4, 0.5) is 22.0 Å². The number of halogens is 5. The molecule has 1 aromatic heterocycles. The molecule has 0 radical (unpaired) electrons. The fraction of sp³-hybridized carbons (Fsp3) is 0.686. The largest absolute Gasteiger partial charge is 0.477 e.